The van der Waals surface area contributed by atoms with Crippen LogP contribution in [0.1, 0.15) is 19.8 Å². The van der Waals surface area contributed by atoms with Gasteiger partial charge in [0.05, 0.1) is 10.6 Å². The maximum atomic E-state index is 13.8. The van der Waals surface area contributed by atoms with Crippen LogP contribution in [0.25, 0.3) is 0 Å². The van der Waals surface area contributed by atoms with E-state index < -0.39 is 15.7 Å². The Labute approximate surface area is 124 Å². The summed E-state index contributed by atoms with van der Waals surface area (Å²) in [4.78, 5) is 13.1. The molecule has 1 fully saturated rings. The summed E-state index contributed by atoms with van der Waals surface area (Å²) < 4.78 is 36.8. The van der Waals surface area contributed by atoms with E-state index in [2.05, 4.69) is 5.32 Å². The Hall–Kier alpha value is -1.63. The zero-order valence-electron chi connectivity index (χ0n) is 12.1. The van der Waals surface area contributed by atoms with E-state index >= 15 is 0 Å². The van der Waals surface area contributed by atoms with E-state index in [1.807, 2.05) is 0 Å². The van der Waals surface area contributed by atoms with Gasteiger partial charge in [-0.3, -0.25) is 4.79 Å². The molecule has 0 aliphatic carbocycles. The van der Waals surface area contributed by atoms with E-state index in [1.165, 1.54) is 19.1 Å². The Morgan fingerprint density at radius 2 is 1.95 bits per heavy atom. The molecular weight excluding hydrogens is 295 g/mol. The molecule has 1 aliphatic heterocycles. The molecule has 1 saturated heterocycles. The second-order valence-electron chi connectivity index (χ2n) is 5.34. The van der Waals surface area contributed by atoms with Crippen molar-refractivity contribution in [2.24, 2.45) is 0 Å². The number of amides is 1. The Morgan fingerprint density at radius 1 is 1.33 bits per heavy atom. The minimum absolute atomic E-state index is 0.0323. The topological polar surface area (TPSA) is 66.5 Å². The predicted octanol–water partition coefficient (Wildman–Crippen LogP) is 1.65. The molecule has 0 aromatic heterocycles. The maximum absolute atomic E-state index is 13.8. The Balaban J connectivity index is 2.09. The number of likely N-dealkylation sites (tertiary alicyclic amines) is 1. The van der Waals surface area contributed by atoms with Gasteiger partial charge in [0.15, 0.2) is 9.84 Å². The monoisotopic (exact) mass is 314 g/mol. The lowest BCUT2D eigenvalue weighted by molar-refractivity contribution is -0.129. The molecule has 1 aliphatic rings. The molecule has 116 valence electrons. The first-order chi connectivity index (χ1) is 9.77. The van der Waals surface area contributed by atoms with Crippen LogP contribution in [0.3, 0.4) is 0 Å². The molecule has 1 amide bonds. The smallest absolute Gasteiger partial charge is 0.219 e. The first kappa shape index (κ1) is 15.8. The third-order valence-electron chi connectivity index (χ3n) is 3.67. The highest BCUT2D eigenvalue weighted by Gasteiger charge is 2.21. The van der Waals surface area contributed by atoms with Gasteiger partial charge in [-0.1, -0.05) is 0 Å². The molecule has 7 heteroatoms. The van der Waals surface area contributed by atoms with Gasteiger partial charge in [-0.2, -0.15) is 0 Å². The number of sulfone groups is 1. The van der Waals surface area contributed by atoms with Crippen LogP contribution in [-0.2, 0) is 14.6 Å². The molecule has 0 unspecified atom stereocenters. The minimum Gasteiger partial charge on any atom is -0.380 e. The Bertz CT molecular complexity index is 638. The van der Waals surface area contributed by atoms with Crippen LogP contribution in [0.4, 0.5) is 10.1 Å². The minimum atomic E-state index is -3.36. The SMILES string of the molecule is CC(=O)N1CCC(Nc2cc(S(C)(=O)=O)ccc2F)CC1. The Kier molecular flexibility index (Phi) is 4.51. The van der Waals surface area contributed by atoms with Crippen LogP contribution < -0.4 is 5.32 Å². The maximum Gasteiger partial charge on any atom is 0.219 e. The summed E-state index contributed by atoms with van der Waals surface area (Å²) in [6.07, 6.45) is 2.51. The van der Waals surface area contributed by atoms with Crippen molar-refractivity contribution >= 4 is 21.4 Å². The number of hydrogen-bond donors (Lipinski definition) is 1. The molecule has 1 heterocycles. The largest absolute Gasteiger partial charge is 0.380 e. The van der Waals surface area contributed by atoms with E-state index in [9.17, 15) is 17.6 Å². The fourth-order valence-corrected chi connectivity index (χ4v) is 3.05. The summed E-state index contributed by atoms with van der Waals surface area (Å²) >= 11 is 0. The molecule has 0 radical (unpaired) electrons. The van der Waals surface area contributed by atoms with Crippen LogP contribution in [-0.4, -0.2) is 44.6 Å². The summed E-state index contributed by atoms with van der Waals surface area (Å²) in [5, 5.41) is 3.04. The third-order valence-corrected chi connectivity index (χ3v) is 4.78. The van der Waals surface area contributed by atoms with Crippen molar-refractivity contribution in [2.45, 2.75) is 30.7 Å². The van der Waals surface area contributed by atoms with Crippen molar-refractivity contribution in [1.82, 2.24) is 4.90 Å². The number of carbonyl (C=O) groups is 1. The first-order valence-electron chi connectivity index (χ1n) is 6.79. The summed E-state index contributed by atoms with van der Waals surface area (Å²) in [5.74, 6) is -0.435. The number of anilines is 1. The number of halogens is 1. The van der Waals surface area contributed by atoms with E-state index in [0.717, 1.165) is 12.3 Å². The van der Waals surface area contributed by atoms with Crippen molar-refractivity contribution in [2.75, 3.05) is 24.7 Å². The number of nitrogens with one attached hydrogen (secondary N) is 1. The van der Waals surface area contributed by atoms with E-state index in [1.54, 1.807) is 4.90 Å². The lowest BCUT2D eigenvalue weighted by atomic mass is 10.0. The van der Waals surface area contributed by atoms with Gasteiger partial charge in [-0.15, -0.1) is 0 Å². The third kappa shape index (κ3) is 3.93. The standard InChI is InChI=1S/C14H19FN2O3S/c1-10(18)17-7-5-11(6-8-17)16-14-9-12(21(2,19)20)3-4-13(14)15/h3-4,9,11,16H,5-8H2,1-2H3. The highest BCUT2D eigenvalue weighted by Crippen LogP contribution is 2.23. The average Bonchev–Trinajstić information content (AvgIpc) is 2.40. The molecule has 2 rings (SSSR count). The number of hydrogen-bond acceptors (Lipinski definition) is 4. The van der Waals surface area contributed by atoms with Gasteiger partial charge >= 0.3 is 0 Å². The molecular formula is C14H19FN2O3S. The van der Waals surface area contributed by atoms with E-state index in [4.69, 9.17) is 0 Å². The number of carbonyl (C=O) groups excluding carboxylic acids is 1. The molecule has 1 N–H and O–H groups in total. The molecule has 1 aromatic rings. The second-order valence-corrected chi connectivity index (χ2v) is 7.35. The van der Waals surface area contributed by atoms with Gasteiger partial charge in [0, 0.05) is 32.3 Å². The number of nitrogens with zero attached hydrogens (tertiary/aromatic N) is 1. The van der Waals surface area contributed by atoms with Crippen LogP contribution in [0.2, 0.25) is 0 Å². The quantitative estimate of drug-likeness (QED) is 0.862. The molecule has 0 saturated carbocycles. The average molecular weight is 314 g/mol. The second kappa shape index (κ2) is 6.01. The molecule has 0 spiro atoms. The molecule has 0 atom stereocenters. The lowest BCUT2D eigenvalue weighted by Gasteiger charge is -2.32. The summed E-state index contributed by atoms with van der Waals surface area (Å²) in [5.41, 5.74) is 0.194. The van der Waals surface area contributed by atoms with E-state index in [0.29, 0.717) is 25.9 Å². The van der Waals surface area contributed by atoms with Gasteiger partial charge in [0.25, 0.3) is 0 Å². The summed E-state index contributed by atoms with van der Waals surface area (Å²) in [6, 6.07) is 3.77. The molecule has 21 heavy (non-hydrogen) atoms. The molecule has 1 aromatic carbocycles. The Morgan fingerprint density at radius 3 is 2.48 bits per heavy atom. The van der Waals surface area contributed by atoms with Gasteiger partial charge in [-0.05, 0) is 31.0 Å². The van der Waals surface area contributed by atoms with Crippen LogP contribution in [0.15, 0.2) is 23.1 Å². The number of rotatable bonds is 3. The predicted molar refractivity (Wildman–Crippen MR) is 78.4 cm³/mol. The van der Waals surface area contributed by atoms with Crippen molar-refractivity contribution in [3.05, 3.63) is 24.0 Å². The van der Waals surface area contributed by atoms with Gasteiger partial charge in [0.1, 0.15) is 5.82 Å². The fraction of sp³-hybridized carbons (Fsp3) is 0.500. The van der Waals surface area contributed by atoms with Gasteiger partial charge < -0.3 is 10.2 Å². The van der Waals surface area contributed by atoms with Gasteiger partial charge in [0.2, 0.25) is 5.91 Å². The van der Waals surface area contributed by atoms with Crippen molar-refractivity contribution < 1.29 is 17.6 Å². The van der Waals surface area contributed by atoms with Gasteiger partial charge in [-0.25, -0.2) is 12.8 Å². The van der Waals surface area contributed by atoms with Crippen LogP contribution in [0, 0.1) is 5.82 Å². The number of benzene rings is 1. The van der Waals surface area contributed by atoms with Crippen molar-refractivity contribution in [3.8, 4) is 0 Å². The molecule has 0 bridgehead atoms. The van der Waals surface area contributed by atoms with E-state index in [-0.39, 0.29) is 22.5 Å². The lowest BCUT2D eigenvalue weighted by Crippen LogP contribution is -2.41. The summed E-state index contributed by atoms with van der Waals surface area (Å²) in [7, 11) is -3.36. The highest BCUT2D eigenvalue weighted by molar-refractivity contribution is 7.90. The van der Waals surface area contributed by atoms with Crippen LogP contribution >= 0.6 is 0 Å². The van der Waals surface area contributed by atoms with Crippen LogP contribution in [0.5, 0.6) is 0 Å². The normalized spacial score (nSPS) is 16.8. The van der Waals surface area contributed by atoms with Crippen molar-refractivity contribution in [3.63, 3.8) is 0 Å². The number of piperidine rings is 1. The zero-order valence-corrected chi connectivity index (χ0v) is 12.9. The fourth-order valence-electron chi connectivity index (χ4n) is 2.40. The highest BCUT2D eigenvalue weighted by atomic mass is 32.2. The zero-order chi connectivity index (χ0) is 15.6. The molecule has 5 nitrogen and oxygen atoms in total. The first-order valence-corrected chi connectivity index (χ1v) is 8.68. The summed E-state index contributed by atoms with van der Waals surface area (Å²) in [6.45, 7) is 2.78. The van der Waals surface area contributed by atoms with Crippen molar-refractivity contribution in [1.29, 1.82) is 0 Å².